The molecule has 681 valence electrons. The predicted octanol–water partition coefficient (Wildman–Crippen LogP) is 16.1. The third kappa shape index (κ3) is 24.9. The predicted molar refractivity (Wildman–Crippen MR) is 440 cm³/mol. The van der Waals surface area contributed by atoms with E-state index in [4.69, 9.17) is 37.3 Å². The van der Waals surface area contributed by atoms with Crippen LogP contribution in [-0.4, -0.2) is 107 Å². The fraction of sp³-hybridized carbons (Fsp3) is 0.578. The van der Waals surface area contributed by atoms with Crippen molar-refractivity contribution >= 4 is 90.0 Å². The van der Waals surface area contributed by atoms with Gasteiger partial charge in [0.05, 0.1) is 53.2 Å². The van der Waals surface area contributed by atoms with Gasteiger partial charge in [-0.2, -0.15) is 52.7 Å². The van der Waals surface area contributed by atoms with Gasteiger partial charge in [-0.25, -0.2) is 14.5 Å². The van der Waals surface area contributed by atoms with Crippen LogP contribution in [0.15, 0.2) is 109 Å². The summed E-state index contributed by atoms with van der Waals surface area (Å²) >= 11 is 5.07. The number of Topliss-reactive ketones (excluding diaryl/α,β-unsaturated/α-hetero) is 2. The number of alkyl halides is 12. The standard InChI is InChI=1S/C44H51F6N3O7.C28H31F6NO2.C16H21ClN2O5.2CH4.B.Na.H/c1-40(2,3)60-37(56)22-33(51)38(57)52-27-9-6-24(7-10-27)23-59-39(58)53-35-15-11-28-30-13-14-32(41(30,4)18-16-31(28)42(35,5)19-17-36(53)55)34(54)21-25-20-26(43(45,46)47)8-12-29(25)44(48,49)50;1-25-11-9-20-17(4-8-23-26(20,2)12-10-24(37)35-23)19(25)6-7-21(25)22(36)14-15-13-16(27(29,30)31)3-5-18(15)28(32,33)34;1-16(2,3)24-13(20)8-12(18)14(21)19-11-6-4-10(5-7-11)9-23-15(17)22;;;;;/h6-10,12,17,19-20,28,30-33,35H,11,13-16,18,21-23,51H2,1-5H3,(H,52,57);3,5,10,12-13,17,19-21,23H,4,6-9,11,14H2,1-2H3,(H,35,37);4-7,12H,8-9,18H2,1-3H3,(H,19,21);2*1H4;;;/q;;;;;;+1;-1/t28-,30-,31-,32+,33-,35+,41-,42+;17-,19-,20-,21+,23+,25-,26+;12-;;;;;/m000...../s1. The molecule has 12 rings (SSSR count). The minimum atomic E-state index is -4.93. The molecule has 5 amide bonds. The van der Waals surface area contributed by atoms with Crippen LogP contribution >= 0.6 is 11.6 Å². The molecule has 0 spiro atoms. The number of nitrogens with one attached hydrogen (secondary N) is 3. The Kier molecular flexibility index (Phi) is 34.4. The van der Waals surface area contributed by atoms with Gasteiger partial charge >= 0.3 is 77.7 Å². The van der Waals surface area contributed by atoms with Gasteiger partial charge in [-0.15, -0.1) is 0 Å². The molecule has 0 saturated heterocycles. The molecule has 8 aliphatic rings. The Balaban J connectivity index is 0.000000364. The molecule has 0 aromatic heterocycles. The number of carbonyl (C=O) groups excluding carboxylic acids is 10. The normalized spacial score (nSPS) is 27.0. The van der Waals surface area contributed by atoms with E-state index in [0.29, 0.717) is 116 Å². The number of ketones is 2. The van der Waals surface area contributed by atoms with Crippen molar-refractivity contribution in [3.8, 4) is 0 Å². The first-order chi connectivity index (χ1) is 56.0. The van der Waals surface area contributed by atoms with Crippen molar-refractivity contribution < 1.29 is 151 Å². The Hall–Kier alpha value is -8.11. The van der Waals surface area contributed by atoms with Gasteiger partial charge in [-0.1, -0.05) is 79.0 Å². The van der Waals surface area contributed by atoms with E-state index < -0.39 is 181 Å². The number of ether oxygens (including phenoxy) is 4. The summed E-state index contributed by atoms with van der Waals surface area (Å²) in [5.74, 6) is -3.89. The maximum atomic E-state index is 13.9. The first-order valence-corrected chi connectivity index (χ1v) is 40.8. The maximum Gasteiger partial charge on any atom is 1.00 e. The van der Waals surface area contributed by atoms with Crippen LogP contribution in [0.2, 0.25) is 0 Å². The number of nitrogens with two attached hydrogens (primary N) is 2. The quantitative estimate of drug-likeness (QED) is 0.0203. The van der Waals surface area contributed by atoms with Crippen LogP contribution in [0.3, 0.4) is 0 Å². The molecule has 6 fully saturated rings. The van der Waals surface area contributed by atoms with Crippen LogP contribution in [0.1, 0.15) is 220 Å². The number of nitrogens with zero attached hydrogens (tertiary/aromatic N) is 1. The number of carbonyl (C=O) groups is 10. The van der Waals surface area contributed by atoms with Crippen LogP contribution in [0.25, 0.3) is 0 Å². The number of anilines is 2. The zero-order valence-electron chi connectivity index (χ0n) is 71.4. The fourth-order valence-electron chi connectivity index (χ4n) is 20.6. The third-order valence-electron chi connectivity index (χ3n) is 26.2. The Morgan fingerprint density at radius 3 is 1.30 bits per heavy atom. The van der Waals surface area contributed by atoms with Gasteiger partial charge in [0.15, 0.2) is 0 Å². The smallest absolute Gasteiger partial charge is 1.00 e. The average Bonchev–Trinajstić information content (AvgIpc) is 1.52. The molecular formula is C90H112BClF12N6NaO14. The Labute approximate surface area is 751 Å². The molecule has 2 aliphatic heterocycles. The van der Waals surface area contributed by atoms with E-state index in [2.05, 4.69) is 27.6 Å². The second-order valence-corrected chi connectivity index (χ2v) is 36.5. The second kappa shape index (κ2) is 40.7. The number of imide groups is 1. The summed E-state index contributed by atoms with van der Waals surface area (Å²) in [5, 5.41) is 8.33. The molecule has 3 radical (unpaired) electrons. The van der Waals surface area contributed by atoms with Gasteiger partial charge < -0.3 is 47.8 Å². The van der Waals surface area contributed by atoms with E-state index >= 15 is 0 Å². The van der Waals surface area contributed by atoms with Crippen LogP contribution in [0, 0.1) is 69.0 Å². The molecule has 6 saturated carbocycles. The van der Waals surface area contributed by atoms with Crippen molar-refractivity contribution in [2.75, 3.05) is 10.6 Å². The summed E-state index contributed by atoms with van der Waals surface area (Å²) in [4.78, 5) is 126. The molecule has 20 nitrogen and oxygen atoms in total. The first-order valence-electron chi connectivity index (χ1n) is 40.4. The van der Waals surface area contributed by atoms with Crippen molar-refractivity contribution in [3.63, 3.8) is 0 Å². The van der Waals surface area contributed by atoms with Gasteiger partial charge in [0, 0.05) is 79.0 Å². The molecule has 4 aromatic carbocycles. The minimum Gasteiger partial charge on any atom is -1.00 e. The van der Waals surface area contributed by atoms with E-state index in [0.717, 1.165) is 32.1 Å². The maximum absolute atomic E-state index is 13.9. The van der Waals surface area contributed by atoms with E-state index in [9.17, 15) is 101 Å². The third-order valence-corrected chi connectivity index (χ3v) is 26.3. The molecule has 0 bridgehead atoms. The van der Waals surface area contributed by atoms with Crippen LogP contribution in [0.5, 0.6) is 0 Å². The van der Waals surface area contributed by atoms with E-state index in [1.54, 1.807) is 96.1 Å². The number of hydrogen-bond acceptors (Lipinski definition) is 16. The molecule has 2 heterocycles. The zero-order valence-corrected chi connectivity index (χ0v) is 73.1. The molecule has 7 N–H and O–H groups in total. The average molecular weight is 1800 g/mol. The number of halogens is 13. The number of hydrogen-bond donors (Lipinski definition) is 5. The Morgan fingerprint density at radius 1 is 0.520 bits per heavy atom. The number of benzene rings is 4. The molecule has 125 heavy (non-hydrogen) atoms. The summed E-state index contributed by atoms with van der Waals surface area (Å²) in [7, 11) is 0. The van der Waals surface area contributed by atoms with E-state index in [-0.39, 0.29) is 121 Å². The van der Waals surface area contributed by atoms with Crippen molar-refractivity contribution in [2.24, 2.45) is 80.5 Å². The van der Waals surface area contributed by atoms with Crippen molar-refractivity contribution in [2.45, 2.75) is 260 Å². The van der Waals surface area contributed by atoms with Gasteiger partial charge in [-0.05, 0) is 254 Å². The second-order valence-electron chi connectivity index (χ2n) is 36.2. The van der Waals surface area contributed by atoms with Gasteiger partial charge in [0.25, 0.3) is 5.91 Å². The first kappa shape index (κ1) is 106. The SMILES string of the molecule is C.C.CC(C)(C)OC(=O)C[C@H](N)C(=O)Nc1ccc(COC(=O)Cl)cc1.CC(C)(C)OC(=O)C[C@H](N)C(=O)Nc1ccc(COC(=O)N2C(=O)C=C[C@]3(C)[C@H]4CC[C@]5(C)[C@@H](C(=O)Cc6cc(C(F)(F)F)ccc6C(F)(F)F)CC[C@H]5[C@@H]4CC[C@@H]23)cc1.C[C@]12C=CC(=O)N[C@@H]1CC[C@@H]1[C@@H]2CC[C@]2(C)[C@@H](C(=O)Cc3cc(C(F)(F)F)ccc3C(F)(F)F)CC[C@@H]12.[B].[H-].[Na+]. The largest absolute Gasteiger partial charge is 1.00 e. The Bertz CT molecular complexity index is 4660. The number of amides is 5. The monoisotopic (exact) mass is 1800 g/mol. The zero-order chi connectivity index (χ0) is 89.5. The summed E-state index contributed by atoms with van der Waals surface area (Å²) < 4.78 is 183. The van der Waals surface area contributed by atoms with Crippen LogP contribution < -0.4 is 57.0 Å². The Morgan fingerprint density at radius 2 is 0.912 bits per heavy atom. The van der Waals surface area contributed by atoms with E-state index in [1.165, 1.54) is 11.0 Å². The summed E-state index contributed by atoms with van der Waals surface area (Å²) in [6, 6.07) is 12.9. The molecule has 4 aromatic rings. The fourth-order valence-corrected chi connectivity index (χ4v) is 20.7. The van der Waals surface area contributed by atoms with Crippen molar-refractivity contribution in [1.29, 1.82) is 0 Å². The molecule has 35 heteroatoms. The van der Waals surface area contributed by atoms with Crippen LogP contribution in [-0.2, 0) is 108 Å². The molecule has 6 aliphatic carbocycles. The summed E-state index contributed by atoms with van der Waals surface area (Å²) in [6.07, 6.45) is -7.44. The number of rotatable bonds is 18. The number of fused-ring (bicyclic) bond motifs is 10. The van der Waals surface area contributed by atoms with Gasteiger partial charge in [0.2, 0.25) is 17.7 Å². The van der Waals surface area contributed by atoms with Crippen molar-refractivity contribution in [3.05, 3.63) is 154 Å². The van der Waals surface area contributed by atoms with Gasteiger partial charge in [0.1, 0.15) is 36.0 Å². The summed E-state index contributed by atoms with van der Waals surface area (Å²) in [5.41, 5.74) is 3.59. The molecular weight excluding hydrogens is 1690 g/mol. The minimum absolute atomic E-state index is 0. The molecule has 16 atom stereocenters. The van der Waals surface area contributed by atoms with Crippen LogP contribution in [0.4, 0.5) is 73.6 Å². The topological polar surface area (TPSA) is 299 Å². The van der Waals surface area contributed by atoms with Gasteiger partial charge in [-0.3, -0.25) is 38.4 Å². The van der Waals surface area contributed by atoms with Crippen molar-refractivity contribution in [1.82, 2.24) is 10.2 Å². The molecule has 0 unspecified atom stereocenters. The van der Waals surface area contributed by atoms with E-state index in [1.807, 2.05) is 32.9 Å². The summed E-state index contributed by atoms with van der Waals surface area (Å²) in [6.45, 7) is 18.4. The number of esters is 2.